The van der Waals surface area contributed by atoms with E-state index in [1.165, 1.54) is 50.8 Å². The van der Waals surface area contributed by atoms with Crippen LogP contribution in [-0.2, 0) is 6.42 Å². The van der Waals surface area contributed by atoms with E-state index in [4.69, 9.17) is 0 Å². The van der Waals surface area contributed by atoms with Gasteiger partial charge in [0.05, 0.1) is 0 Å². The Hall–Kier alpha value is -0.380. The van der Waals surface area contributed by atoms with Gasteiger partial charge in [0.1, 0.15) is 0 Å². The summed E-state index contributed by atoms with van der Waals surface area (Å²) in [5.41, 5.74) is 1.47. The van der Waals surface area contributed by atoms with Crippen LogP contribution in [0, 0.1) is 17.8 Å². The van der Waals surface area contributed by atoms with Crippen molar-refractivity contribution in [1.29, 1.82) is 0 Å². The highest BCUT2D eigenvalue weighted by Gasteiger charge is 2.39. The van der Waals surface area contributed by atoms with Gasteiger partial charge < -0.3 is 10.2 Å². The molecule has 20 heavy (non-hydrogen) atoms. The van der Waals surface area contributed by atoms with Crippen molar-refractivity contribution < 1.29 is 0 Å². The second-order valence-electron chi connectivity index (χ2n) is 6.83. The Morgan fingerprint density at radius 2 is 2.25 bits per heavy atom. The largest absolute Gasteiger partial charge is 0.315 e. The topological polar surface area (TPSA) is 15.3 Å². The van der Waals surface area contributed by atoms with E-state index in [-0.39, 0.29) is 0 Å². The van der Waals surface area contributed by atoms with Crippen LogP contribution in [0.3, 0.4) is 0 Å². The van der Waals surface area contributed by atoms with Crippen LogP contribution in [0.25, 0.3) is 0 Å². The molecule has 0 aromatic carbocycles. The molecule has 2 nitrogen and oxygen atoms in total. The minimum atomic E-state index is 1.00. The van der Waals surface area contributed by atoms with Crippen LogP contribution in [-0.4, -0.2) is 38.1 Å². The molecule has 2 saturated carbocycles. The van der Waals surface area contributed by atoms with Gasteiger partial charge in [0.25, 0.3) is 0 Å². The lowest BCUT2D eigenvalue weighted by atomic mass is 9.88. The minimum Gasteiger partial charge on any atom is -0.315 e. The zero-order chi connectivity index (χ0) is 13.8. The van der Waals surface area contributed by atoms with Gasteiger partial charge in [-0.1, -0.05) is 6.42 Å². The van der Waals surface area contributed by atoms with E-state index in [9.17, 15) is 0 Å². The molecule has 3 heteroatoms. The summed E-state index contributed by atoms with van der Waals surface area (Å²) in [6.45, 7) is 4.76. The fourth-order valence-corrected chi connectivity index (χ4v) is 4.86. The molecule has 1 aromatic rings. The first-order valence-corrected chi connectivity index (χ1v) is 9.16. The standard InChI is InChI=1S/C17H28N2S/c1-19(12-17-11-15-2-3-16(17)10-15)8-7-18-6-4-14-5-9-20-13-14/h5,9,13,15-18H,2-4,6-8,10-12H2,1H3. The maximum Gasteiger partial charge on any atom is 0.0104 e. The fraction of sp³-hybridized carbons (Fsp3) is 0.765. The van der Waals surface area contributed by atoms with Crippen LogP contribution >= 0.6 is 11.3 Å². The lowest BCUT2D eigenvalue weighted by Gasteiger charge is -2.27. The Bertz CT molecular complexity index is 390. The van der Waals surface area contributed by atoms with Crippen LogP contribution < -0.4 is 5.32 Å². The van der Waals surface area contributed by atoms with E-state index < -0.39 is 0 Å². The molecule has 0 amide bonds. The quantitative estimate of drug-likeness (QED) is 0.740. The Morgan fingerprint density at radius 3 is 2.95 bits per heavy atom. The van der Waals surface area contributed by atoms with Crippen molar-refractivity contribution in [2.24, 2.45) is 17.8 Å². The molecule has 2 aliphatic rings. The Labute approximate surface area is 127 Å². The van der Waals surface area contributed by atoms with Gasteiger partial charge in [-0.2, -0.15) is 11.3 Å². The summed E-state index contributed by atoms with van der Waals surface area (Å²) in [7, 11) is 2.30. The van der Waals surface area contributed by atoms with Crippen molar-refractivity contribution in [2.45, 2.75) is 32.1 Å². The smallest absolute Gasteiger partial charge is 0.0104 e. The summed E-state index contributed by atoms with van der Waals surface area (Å²) in [4.78, 5) is 2.54. The van der Waals surface area contributed by atoms with Gasteiger partial charge in [-0.05, 0) is 79.4 Å². The third-order valence-corrected chi connectivity index (χ3v) is 6.00. The summed E-state index contributed by atoms with van der Waals surface area (Å²) in [6.07, 6.45) is 7.26. The number of rotatable bonds is 8. The molecule has 3 unspecified atom stereocenters. The van der Waals surface area contributed by atoms with Crippen LogP contribution in [0.1, 0.15) is 31.2 Å². The van der Waals surface area contributed by atoms with Gasteiger partial charge in [-0.3, -0.25) is 0 Å². The molecule has 0 spiro atoms. The zero-order valence-electron chi connectivity index (χ0n) is 12.7. The number of hydrogen-bond acceptors (Lipinski definition) is 3. The van der Waals surface area contributed by atoms with E-state index in [1.54, 1.807) is 11.3 Å². The normalized spacial score (nSPS) is 28.6. The van der Waals surface area contributed by atoms with E-state index in [2.05, 4.69) is 34.1 Å². The molecule has 1 heterocycles. The molecule has 3 rings (SSSR count). The third-order valence-electron chi connectivity index (χ3n) is 5.27. The van der Waals surface area contributed by atoms with Crippen LogP contribution in [0.15, 0.2) is 16.8 Å². The van der Waals surface area contributed by atoms with Gasteiger partial charge in [0, 0.05) is 19.6 Å². The number of nitrogens with one attached hydrogen (secondary N) is 1. The van der Waals surface area contributed by atoms with E-state index in [1.807, 2.05) is 0 Å². The SMILES string of the molecule is CN(CCNCCc1ccsc1)CC1CC2CCC1C2. The molecule has 2 bridgehead atoms. The molecule has 0 saturated heterocycles. The second-order valence-corrected chi connectivity index (χ2v) is 7.61. The van der Waals surface area contributed by atoms with Crippen molar-refractivity contribution in [3.8, 4) is 0 Å². The van der Waals surface area contributed by atoms with Crippen molar-refractivity contribution in [1.82, 2.24) is 10.2 Å². The molecular formula is C17H28N2S. The van der Waals surface area contributed by atoms with Gasteiger partial charge in [0.2, 0.25) is 0 Å². The van der Waals surface area contributed by atoms with E-state index >= 15 is 0 Å². The predicted octanol–water partition coefficient (Wildman–Crippen LogP) is 3.25. The van der Waals surface area contributed by atoms with Crippen LogP contribution in [0.2, 0.25) is 0 Å². The maximum absolute atomic E-state index is 3.58. The van der Waals surface area contributed by atoms with Crippen molar-refractivity contribution in [3.05, 3.63) is 22.4 Å². The predicted molar refractivity (Wildman–Crippen MR) is 87.3 cm³/mol. The summed E-state index contributed by atoms with van der Waals surface area (Å²) < 4.78 is 0. The molecule has 0 radical (unpaired) electrons. The van der Waals surface area contributed by atoms with Gasteiger partial charge in [-0.15, -0.1) is 0 Å². The Balaban J connectivity index is 1.25. The van der Waals surface area contributed by atoms with E-state index in [0.29, 0.717) is 0 Å². The van der Waals surface area contributed by atoms with Crippen LogP contribution in [0.4, 0.5) is 0 Å². The molecule has 2 fully saturated rings. The molecule has 0 aliphatic heterocycles. The van der Waals surface area contributed by atoms with Gasteiger partial charge in [-0.25, -0.2) is 0 Å². The first kappa shape index (κ1) is 14.6. The summed E-state index contributed by atoms with van der Waals surface area (Å²) >= 11 is 1.80. The minimum absolute atomic E-state index is 1.00. The van der Waals surface area contributed by atoms with Crippen molar-refractivity contribution in [2.75, 3.05) is 33.2 Å². The summed E-state index contributed by atoms with van der Waals surface area (Å²) in [5, 5.41) is 7.99. The first-order valence-electron chi connectivity index (χ1n) is 8.21. The van der Waals surface area contributed by atoms with Gasteiger partial charge in [0.15, 0.2) is 0 Å². The summed E-state index contributed by atoms with van der Waals surface area (Å²) in [6, 6.07) is 2.23. The first-order chi connectivity index (χ1) is 9.81. The number of nitrogens with zero attached hydrogens (tertiary/aromatic N) is 1. The highest BCUT2D eigenvalue weighted by Crippen LogP contribution is 2.48. The second kappa shape index (κ2) is 7.06. The van der Waals surface area contributed by atoms with Crippen LogP contribution in [0.5, 0.6) is 0 Å². The monoisotopic (exact) mass is 292 g/mol. The number of hydrogen-bond donors (Lipinski definition) is 1. The highest BCUT2D eigenvalue weighted by molar-refractivity contribution is 7.07. The Kier molecular flexibility index (Phi) is 5.14. The number of thiophene rings is 1. The van der Waals surface area contributed by atoms with Crippen molar-refractivity contribution in [3.63, 3.8) is 0 Å². The van der Waals surface area contributed by atoms with E-state index in [0.717, 1.165) is 30.8 Å². The summed E-state index contributed by atoms with van der Waals surface area (Å²) in [5.74, 6) is 3.15. The molecular weight excluding hydrogens is 264 g/mol. The van der Waals surface area contributed by atoms with Crippen molar-refractivity contribution >= 4 is 11.3 Å². The average molecular weight is 292 g/mol. The Morgan fingerprint density at radius 1 is 1.30 bits per heavy atom. The molecule has 1 aromatic heterocycles. The lowest BCUT2D eigenvalue weighted by molar-refractivity contribution is 0.220. The number of fused-ring (bicyclic) bond motifs is 2. The molecule has 112 valence electrons. The lowest BCUT2D eigenvalue weighted by Crippen LogP contribution is -2.34. The maximum atomic E-state index is 3.58. The fourth-order valence-electron chi connectivity index (χ4n) is 4.15. The molecule has 3 atom stereocenters. The highest BCUT2D eigenvalue weighted by atomic mass is 32.1. The number of likely N-dealkylation sites (N-methyl/N-ethyl adjacent to an activating group) is 1. The zero-order valence-corrected chi connectivity index (χ0v) is 13.5. The van der Waals surface area contributed by atoms with Gasteiger partial charge >= 0.3 is 0 Å². The molecule has 2 aliphatic carbocycles. The third kappa shape index (κ3) is 3.84. The molecule has 1 N–H and O–H groups in total. The average Bonchev–Trinajstić information content (AvgIpc) is 3.15.